The van der Waals surface area contributed by atoms with Gasteiger partial charge in [-0.05, 0) is 47.0 Å². The van der Waals surface area contributed by atoms with Crippen molar-refractivity contribution in [3.05, 3.63) is 84.9 Å². The van der Waals surface area contributed by atoms with Crippen molar-refractivity contribution in [1.82, 2.24) is 0 Å². The van der Waals surface area contributed by atoms with Crippen LogP contribution in [0.2, 0.25) is 0 Å². The maximum atomic E-state index is 11.2. The molecule has 0 amide bonds. The lowest BCUT2D eigenvalue weighted by Crippen LogP contribution is -1.91. The third kappa shape index (κ3) is 3.12. The number of benzene rings is 4. The van der Waals surface area contributed by atoms with Crippen LogP contribution >= 0.6 is 0 Å². The van der Waals surface area contributed by atoms with E-state index in [1.54, 1.807) is 30.3 Å². The minimum atomic E-state index is -0.0483. The molecule has 0 atom stereocenters. The monoisotopic (exact) mass is 370 g/mol. The van der Waals surface area contributed by atoms with Crippen molar-refractivity contribution in [1.29, 1.82) is 0 Å². The first-order valence-corrected chi connectivity index (χ1v) is 8.78. The number of hydrogen-bond donors (Lipinski definition) is 4. The molecule has 28 heavy (non-hydrogen) atoms. The maximum absolute atomic E-state index is 11.2. The van der Waals surface area contributed by atoms with E-state index in [1.165, 1.54) is 24.3 Å². The first-order chi connectivity index (χ1) is 13.5. The molecule has 4 heteroatoms. The molecule has 0 aliphatic rings. The van der Waals surface area contributed by atoms with E-state index >= 15 is 0 Å². The average molecular weight is 370 g/mol. The van der Waals surface area contributed by atoms with Gasteiger partial charge in [0, 0.05) is 16.7 Å². The van der Waals surface area contributed by atoms with Crippen LogP contribution in [0.4, 0.5) is 0 Å². The van der Waals surface area contributed by atoms with Gasteiger partial charge in [0.1, 0.15) is 23.0 Å². The van der Waals surface area contributed by atoms with Gasteiger partial charge in [-0.1, -0.05) is 54.6 Å². The maximum Gasteiger partial charge on any atom is 0.132 e. The van der Waals surface area contributed by atoms with Crippen molar-refractivity contribution in [2.75, 3.05) is 0 Å². The van der Waals surface area contributed by atoms with Gasteiger partial charge in [-0.25, -0.2) is 0 Å². The zero-order valence-electron chi connectivity index (χ0n) is 14.9. The van der Waals surface area contributed by atoms with Crippen LogP contribution in [0.25, 0.3) is 33.4 Å². The first kappa shape index (κ1) is 17.5. The van der Waals surface area contributed by atoms with Crippen molar-refractivity contribution in [3.8, 4) is 56.4 Å². The summed E-state index contributed by atoms with van der Waals surface area (Å²) in [6, 6.07) is 23.7. The van der Waals surface area contributed by atoms with Crippen LogP contribution in [-0.2, 0) is 0 Å². The van der Waals surface area contributed by atoms with Crippen LogP contribution in [0.1, 0.15) is 0 Å². The molecule has 0 aliphatic carbocycles. The standard InChI is InChI=1S/C24H18O4/c25-18-10-4-8-16(12-18)20-14-21(27)22(15-6-2-1-3-7-15)23(24(20)28)17-9-5-11-19(26)13-17/h1-14,25-28H. The fourth-order valence-corrected chi connectivity index (χ4v) is 3.39. The fraction of sp³-hybridized carbons (Fsp3) is 0. The molecule has 4 aromatic carbocycles. The molecular formula is C24H18O4. The molecule has 0 aliphatic heterocycles. The van der Waals surface area contributed by atoms with Gasteiger partial charge in [0.2, 0.25) is 0 Å². The van der Waals surface area contributed by atoms with E-state index in [-0.39, 0.29) is 23.0 Å². The van der Waals surface area contributed by atoms with Crippen molar-refractivity contribution in [3.63, 3.8) is 0 Å². The lowest BCUT2D eigenvalue weighted by molar-refractivity contribution is 0.464. The summed E-state index contributed by atoms with van der Waals surface area (Å²) in [6.07, 6.45) is 0. The third-order valence-corrected chi connectivity index (χ3v) is 4.63. The Morgan fingerprint density at radius 1 is 0.464 bits per heavy atom. The molecule has 138 valence electrons. The highest BCUT2D eigenvalue weighted by Gasteiger charge is 2.21. The quantitative estimate of drug-likeness (QED) is 0.359. The Kier molecular flexibility index (Phi) is 4.38. The molecule has 4 aromatic rings. The van der Waals surface area contributed by atoms with Crippen molar-refractivity contribution in [2.45, 2.75) is 0 Å². The van der Waals surface area contributed by atoms with E-state index in [4.69, 9.17) is 0 Å². The van der Waals surface area contributed by atoms with Crippen molar-refractivity contribution >= 4 is 0 Å². The number of rotatable bonds is 3. The Morgan fingerprint density at radius 3 is 1.68 bits per heavy atom. The van der Waals surface area contributed by atoms with Gasteiger partial charge in [-0.2, -0.15) is 0 Å². The summed E-state index contributed by atoms with van der Waals surface area (Å²) in [6.45, 7) is 0. The second kappa shape index (κ2) is 7.00. The molecule has 4 rings (SSSR count). The van der Waals surface area contributed by atoms with Crippen LogP contribution in [0.15, 0.2) is 84.9 Å². The summed E-state index contributed by atoms with van der Waals surface area (Å²) in [4.78, 5) is 0. The Morgan fingerprint density at radius 2 is 1.04 bits per heavy atom. The highest BCUT2D eigenvalue weighted by Crippen LogP contribution is 2.49. The van der Waals surface area contributed by atoms with E-state index in [9.17, 15) is 20.4 Å². The Labute approximate surface area is 162 Å². The number of phenolic OH excluding ortho intramolecular Hbond substituents is 4. The Balaban J connectivity index is 2.07. The van der Waals surface area contributed by atoms with Crippen molar-refractivity contribution in [2.24, 2.45) is 0 Å². The normalized spacial score (nSPS) is 10.7. The minimum Gasteiger partial charge on any atom is -0.508 e. The van der Waals surface area contributed by atoms with Crippen LogP contribution < -0.4 is 0 Å². The lowest BCUT2D eigenvalue weighted by atomic mass is 9.89. The van der Waals surface area contributed by atoms with Gasteiger partial charge < -0.3 is 20.4 Å². The third-order valence-electron chi connectivity index (χ3n) is 4.63. The van der Waals surface area contributed by atoms with Crippen LogP contribution in [0.3, 0.4) is 0 Å². The number of phenols is 4. The van der Waals surface area contributed by atoms with Crippen molar-refractivity contribution < 1.29 is 20.4 Å². The predicted octanol–water partition coefficient (Wildman–Crippen LogP) is 5.51. The van der Waals surface area contributed by atoms with Gasteiger partial charge in [-0.3, -0.25) is 0 Å². The molecule has 0 saturated heterocycles. The van der Waals surface area contributed by atoms with E-state index in [0.717, 1.165) is 5.56 Å². The van der Waals surface area contributed by atoms with Gasteiger partial charge in [-0.15, -0.1) is 0 Å². The summed E-state index contributed by atoms with van der Waals surface area (Å²) < 4.78 is 0. The minimum absolute atomic E-state index is 0.0133. The lowest BCUT2D eigenvalue weighted by Gasteiger charge is -2.18. The smallest absolute Gasteiger partial charge is 0.132 e. The average Bonchev–Trinajstić information content (AvgIpc) is 2.69. The Hall–Kier alpha value is -3.92. The predicted molar refractivity (Wildman–Crippen MR) is 109 cm³/mol. The molecule has 0 spiro atoms. The Bertz CT molecular complexity index is 1150. The largest absolute Gasteiger partial charge is 0.508 e. The summed E-state index contributed by atoms with van der Waals surface area (Å²) >= 11 is 0. The van der Waals surface area contributed by atoms with Crippen LogP contribution in [0, 0.1) is 0 Å². The molecule has 0 radical (unpaired) electrons. The molecule has 0 saturated carbocycles. The first-order valence-electron chi connectivity index (χ1n) is 8.78. The van der Waals surface area contributed by atoms with E-state index in [1.807, 2.05) is 30.3 Å². The van der Waals surface area contributed by atoms with Gasteiger partial charge in [0.15, 0.2) is 0 Å². The van der Waals surface area contributed by atoms with E-state index in [0.29, 0.717) is 27.8 Å². The number of hydrogen-bond acceptors (Lipinski definition) is 4. The molecular weight excluding hydrogens is 352 g/mol. The van der Waals surface area contributed by atoms with E-state index < -0.39 is 0 Å². The molecule has 0 fully saturated rings. The molecule has 0 bridgehead atoms. The molecule has 0 heterocycles. The second-order valence-electron chi connectivity index (χ2n) is 6.51. The molecule has 4 nitrogen and oxygen atoms in total. The zero-order valence-corrected chi connectivity index (χ0v) is 14.9. The van der Waals surface area contributed by atoms with Gasteiger partial charge in [0.25, 0.3) is 0 Å². The van der Waals surface area contributed by atoms with E-state index in [2.05, 4.69) is 0 Å². The topological polar surface area (TPSA) is 80.9 Å². The molecule has 0 unspecified atom stereocenters. The highest BCUT2D eigenvalue weighted by molar-refractivity contribution is 5.96. The summed E-state index contributed by atoms with van der Waals surface area (Å²) in [7, 11) is 0. The highest BCUT2D eigenvalue weighted by atomic mass is 16.3. The molecule has 4 N–H and O–H groups in total. The second-order valence-corrected chi connectivity index (χ2v) is 6.51. The van der Waals surface area contributed by atoms with Gasteiger partial charge >= 0.3 is 0 Å². The van der Waals surface area contributed by atoms with Crippen LogP contribution in [-0.4, -0.2) is 20.4 Å². The van der Waals surface area contributed by atoms with Crippen LogP contribution in [0.5, 0.6) is 23.0 Å². The summed E-state index contributed by atoms with van der Waals surface area (Å²) in [5.41, 5.74) is 3.11. The van der Waals surface area contributed by atoms with Gasteiger partial charge in [0.05, 0.1) is 0 Å². The number of aromatic hydroxyl groups is 4. The molecule has 0 aromatic heterocycles. The summed E-state index contributed by atoms with van der Waals surface area (Å²) in [5.74, 6) is 0.0501. The zero-order chi connectivity index (χ0) is 19.7. The summed E-state index contributed by atoms with van der Waals surface area (Å²) in [5, 5.41) is 41.8. The fourth-order valence-electron chi connectivity index (χ4n) is 3.39. The SMILES string of the molecule is Oc1cccc(-c2cc(O)c(-c3ccccc3)c(-c3cccc(O)c3)c2O)c1.